The molecule has 2 aromatic heterocycles. The average Bonchev–Trinajstić information content (AvgIpc) is 3.64. The number of anilines is 1. The van der Waals surface area contributed by atoms with Crippen LogP contribution in [0.4, 0.5) is 5.82 Å². The Labute approximate surface area is 268 Å². The fourth-order valence-electron chi connectivity index (χ4n) is 4.93. The molecule has 24 nitrogen and oxygen atoms in total. The van der Waals surface area contributed by atoms with Crippen LogP contribution in [-0.4, -0.2) is 121 Å². The van der Waals surface area contributed by atoms with Crippen molar-refractivity contribution in [1.82, 2.24) is 24.4 Å². The number of hydrogen-bond donors (Lipinski definition) is 9. The van der Waals surface area contributed by atoms with Gasteiger partial charge in [-0.25, -0.2) is 28.6 Å². The number of nitrogens with zero attached hydrogens (tertiary/aromatic N) is 5. The van der Waals surface area contributed by atoms with Crippen LogP contribution in [0.5, 0.6) is 0 Å². The Bertz CT molecular complexity index is 1740. The van der Waals surface area contributed by atoms with E-state index in [0.29, 0.717) is 0 Å². The third-order valence-electron chi connectivity index (χ3n) is 7.11. The minimum Gasteiger partial charge on any atom is -0.387 e. The number of carbonyl (C=O) groups excluding carboxylic acids is 1. The Morgan fingerprint density at radius 1 is 0.938 bits per heavy atom. The van der Waals surface area contributed by atoms with Gasteiger partial charge in [0.2, 0.25) is 5.91 Å². The molecule has 10 atom stereocenters. The van der Waals surface area contributed by atoms with Crippen molar-refractivity contribution in [3.8, 4) is 0 Å². The van der Waals surface area contributed by atoms with Gasteiger partial charge in [0.15, 0.2) is 23.9 Å². The molecule has 3 aliphatic heterocycles. The number of aliphatic hydroxyl groups is 3. The number of nitrogen functional groups attached to an aromatic ring is 1. The number of aromatic nitrogens is 4. The maximum atomic E-state index is 12.6. The van der Waals surface area contributed by atoms with Crippen LogP contribution in [0.1, 0.15) is 12.6 Å². The van der Waals surface area contributed by atoms with Gasteiger partial charge in [-0.15, -0.1) is 0 Å². The first-order chi connectivity index (χ1) is 22.4. The Balaban J connectivity index is 1.20. The van der Waals surface area contributed by atoms with Gasteiger partial charge in [0.25, 0.3) is 0 Å². The lowest BCUT2D eigenvalue weighted by atomic mass is 10.1. The van der Waals surface area contributed by atoms with Crippen LogP contribution < -0.4 is 11.5 Å². The molecule has 3 aliphatic rings. The number of aliphatic hydroxyl groups excluding tert-OH is 3. The van der Waals surface area contributed by atoms with E-state index in [2.05, 4.69) is 23.8 Å². The van der Waals surface area contributed by atoms with E-state index in [1.807, 2.05) is 0 Å². The topological polar surface area (TPSA) is 364 Å². The summed E-state index contributed by atoms with van der Waals surface area (Å²) >= 11 is 0. The number of primary amides is 1. The minimum absolute atomic E-state index is 0.00424. The van der Waals surface area contributed by atoms with Crippen molar-refractivity contribution >= 4 is 46.4 Å². The number of rotatable bonds is 13. The third-order valence-corrected chi connectivity index (χ3v) is 10.2. The number of fused-ring (bicyclic) bond motifs is 1. The third kappa shape index (κ3) is 8.17. The summed E-state index contributed by atoms with van der Waals surface area (Å²) in [5.41, 5.74) is 11.3. The van der Waals surface area contributed by atoms with Crippen LogP contribution >= 0.6 is 23.5 Å². The van der Waals surface area contributed by atoms with Gasteiger partial charge < -0.3 is 60.7 Å². The fraction of sp³-hybridized carbons (Fsp3) is 0.524. The van der Waals surface area contributed by atoms with Crippen molar-refractivity contribution in [1.29, 1.82) is 0 Å². The van der Waals surface area contributed by atoms with Gasteiger partial charge in [0.05, 0.1) is 19.5 Å². The number of hydrogen-bond acceptors (Lipinski definition) is 18. The molecule has 48 heavy (non-hydrogen) atoms. The lowest BCUT2D eigenvalue weighted by Gasteiger charge is -2.28. The molecule has 266 valence electrons. The van der Waals surface area contributed by atoms with Crippen LogP contribution in [0.15, 0.2) is 36.7 Å². The highest BCUT2D eigenvalue weighted by Gasteiger charge is 2.51. The summed E-state index contributed by atoms with van der Waals surface area (Å²) in [7, 11) is -16.3. The first-order valence-electron chi connectivity index (χ1n) is 13.5. The number of amides is 1. The molecule has 0 radical (unpaired) electrons. The molecule has 2 saturated heterocycles. The molecule has 11 N–H and O–H groups in total. The zero-order valence-corrected chi connectivity index (χ0v) is 26.8. The van der Waals surface area contributed by atoms with Crippen molar-refractivity contribution in [3.05, 3.63) is 36.7 Å². The summed E-state index contributed by atoms with van der Waals surface area (Å²) in [4.78, 5) is 63.4. The molecule has 0 saturated carbocycles. The van der Waals surface area contributed by atoms with Crippen molar-refractivity contribution in [2.45, 2.75) is 55.5 Å². The van der Waals surface area contributed by atoms with E-state index in [1.54, 1.807) is 0 Å². The zero-order chi connectivity index (χ0) is 35.2. The molecule has 5 heterocycles. The zero-order valence-electron chi connectivity index (χ0n) is 24.1. The predicted molar refractivity (Wildman–Crippen MR) is 153 cm³/mol. The largest absolute Gasteiger partial charge is 0.481 e. The minimum atomic E-state index is -5.52. The molecule has 1 amide bonds. The van der Waals surface area contributed by atoms with E-state index in [9.17, 15) is 53.4 Å². The highest BCUT2D eigenvalue weighted by atomic mass is 31.3. The summed E-state index contributed by atoms with van der Waals surface area (Å²) in [5.74, 6) is -0.791. The number of allylic oxidation sites excluding steroid dienone is 1. The van der Waals surface area contributed by atoms with E-state index in [4.69, 9.17) is 30.0 Å². The van der Waals surface area contributed by atoms with E-state index >= 15 is 0 Å². The van der Waals surface area contributed by atoms with Gasteiger partial charge in [-0.1, -0.05) is 6.08 Å². The Hall–Kier alpha value is -2.73. The molecule has 2 fully saturated rings. The van der Waals surface area contributed by atoms with Gasteiger partial charge >= 0.3 is 23.5 Å². The van der Waals surface area contributed by atoms with Crippen molar-refractivity contribution in [2.24, 2.45) is 5.73 Å². The molecule has 0 bridgehead atoms. The Morgan fingerprint density at radius 2 is 1.56 bits per heavy atom. The van der Waals surface area contributed by atoms with Gasteiger partial charge in [-0.3, -0.25) is 22.9 Å². The number of phosphoric acid groups is 3. The van der Waals surface area contributed by atoms with Crippen molar-refractivity contribution in [2.75, 3.05) is 18.9 Å². The Morgan fingerprint density at radius 3 is 2.19 bits per heavy atom. The number of nitrogens with two attached hydrogens (primary N) is 2. The smallest absolute Gasteiger partial charge is 0.387 e. The Kier molecular flexibility index (Phi) is 10.6. The summed E-state index contributed by atoms with van der Waals surface area (Å²) in [6.45, 7) is -2.02. The summed E-state index contributed by atoms with van der Waals surface area (Å²) < 4.78 is 67.2. The van der Waals surface area contributed by atoms with E-state index in [1.165, 1.54) is 23.4 Å². The van der Waals surface area contributed by atoms with Crippen LogP contribution in [0, 0.1) is 0 Å². The van der Waals surface area contributed by atoms with Crippen LogP contribution in [0.3, 0.4) is 0 Å². The maximum Gasteiger partial charge on any atom is 0.481 e. The summed E-state index contributed by atoms with van der Waals surface area (Å²) in [6, 6.07) is 0. The quantitative estimate of drug-likeness (QED) is 0.0951. The van der Waals surface area contributed by atoms with Crippen LogP contribution in [0.25, 0.3) is 11.2 Å². The van der Waals surface area contributed by atoms with E-state index in [0.717, 1.165) is 17.2 Å². The molecule has 2 unspecified atom stereocenters. The number of carbonyl (C=O) groups is 1. The molecule has 27 heteroatoms. The van der Waals surface area contributed by atoms with Gasteiger partial charge in [-0.05, 0) is 6.42 Å². The number of ether oxygens (including phenoxy) is 2. The first kappa shape index (κ1) is 36.5. The predicted octanol–water partition coefficient (Wildman–Crippen LogP) is -2.57. The molecule has 5 rings (SSSR count). The lowest BCUT2D eigenvalue weighted by Crippen LogP contribution is -2.40. The second kappa shape index (κ2) is 13.9. The fourth-order valence-corrected chi connectivity index (χ4v) is 7.57. The highest BCUT2D eigenvalue weighted by Crippen LogP contribution is 2.61. The molecule has 0 spiro atoms. The number of imidazole rings is 1. The van der Waals surface area contributed by atoms with Crippen LogP contribution in [0.2, 0.25) is 0 Å². The van der Waals surface area contributed by atoms with Gasteiger partial charge in [0, 0.05) is 18.0 Å². The van der Waals surface area contributed by atoms with Crippen molar-refractivity contribution in [3.63, 3.8) is 0 Å². The average molecular weight is 745 g/mol. The summed E-state index contributed by atoms with van der Waals surface area (Å²) in [6.07, 6.45) is -6.47. The molecule has 2 aromatic rings. The molecular formula is C21H30N7O17P3. The normalized spacial score (nSPS) is 31.9. The van der Waals surface area contributed by atoms with E-state index in [-0.39, 0.29) is 29.0 Å². The second-order valence-electron chi connectivity index (χ2n) is 10.4. The number of phosphoric ester groups is 3. The summed E-state index contributed by atoms with van der Waals surface area (Å²) in [5, 5.41) is 31.5. The van der Waals surface area contributed by atoms with Gasteiger partial charge in [0.1, 0.15) is 48.5 Å². The molecular weight excluding hydrogens is 715 g/mol. The lowest BCUT2D eigenvalue weighted by molar-refractivity contribution is -0.115. The first-order valence-corrected chi connectivity index (χ1v) is 18.0. The van der Waals surface area contributed by atoms with Crippen LogP contribution in [-0.2, 0) is 45.8 Å². The van der Waals surface area contributed by atoms with E-state index < -0.39 is 91.7 Å². The molecule has 0 aromatic carbocycles. The monoisotopic (exact) mass is 745 g/mol. The molecule has 0 aliphatic carbocycles. The van der Waals surface area contributed by atoms with Gasteiger partial charge in [-0.2, -0.15) is 4.31 Å². The SMILES string of the molecule is NC(=O)C1=CN([C@@H]2O[C@H](COP(=O)(O)OP(=O)(O)OC[C@@H]3O[C@H](n4cnc5c(N)ncnc54)[C@H](OP(=O)(O)O)[C@@H]3O)[C@H](O)[C@@H]2O)C=CC1. The highest BCUT2D eigenvalue weighted by molar-refractivity contribution is 7.61. The standard InChI is InChI=1S/C21H30N7O17P3/c22-17-12-19(25-7-24-17)28(8-26-12)21-16(44-46(33,34)35)14(30)11(43-21)6-41-48(38,39)45-47(36,37)40-5-10-13(29)15(31)20(42-10)27-3-1-2-9(4-27)18(23)32/h1,3-4,7-8,10-11,13-16,20-21,29-31H,2,5-6H2,(H2,23,32)(H,36,37)(H,38,39)(H2,22,24,25)(H2,33,34,35)/t10-,11+,13+,14-,15+,16-,20-,21+/m1/s1. The second-order valence-corrected chi connectivity index (χ2v) is 14.6. The maximum absolute atomic E-state index is 12.6. The van der Waals surface area contributed by atoms with Crippen molar-refractivity contribution < 1.29 is 80.7 Å².